The second kappa shape index (κ2) is 2.46. The lowest BCUT2D eigenvalue weighted by Crippen LogP contribution is -2.06. The third-order valence-electron chi connectivity index (χ3n) is 1.70. The van der Waals surface area contributed by atoms with E-state index in [1.165, 1.54) is 0 Å². The van der Waals surface area contributed by atoms with Gasteiger partial charge in [-0.2, -0.15) is 0 Å². The number of rotatable bonds is 1. The number of hydrogen-bond donors (Lipinski definition) is 1. The second-order valence-electron chi connectivity index (χ2n) is 2.62. The molecule has 1 rings (SSSR count). The highest BCUT2D eigenvalue weighted by Crippen LogP contribution is 2.12. The Labute approximate surface area is 61.1 Å². The molecule has 0 aromatic carbocycles. The maximum atomic E-state index is 9.24. The monoisotopic (exact) mass is 139 g/mol. The van der Waals surface area contributed by atoms with E-state index in [0.717, 1.165) is 11.4 Å². The minimum absolute atomic E-state index is 0.407. The zero-order valence-electron chi connectivity index (χ0n) is 6.63. The molecule has 56 valence electrons. The third kappa shape index (κ3) is 1.07. The zero-order chi connectivity index (χ0) is 7.72. The van der Waals surface area contributed by atoms with Crippen molar-refractivity contribution in [2.24, 2.45) is 0 Å². The van der Waals surface area contributed by atoms with Gasteiger partial charge >= 0.3 is 0 Å². The maximum absolute atomic E-state index is 9.24. The van der Waals surface area contributed by atoms with Gasteiger partial charge in [-0.3, -0.25) is 0 Å². The molecule has 0 aliphatic carbocycles. The molecule has 1 heterocycles. The van der Waals surface area contributed by atoms with Gasteiger partial charge in [-0.15, -0.1) is 0 Å². The molecule has 0 fully saturated rings. The molecule has 0 spiro atoms. The van der Waals surface area contributed by atoms with Crippen molar-refractivity contribution < 1.29 is 5.11 Å². The Balaban J connectivity index is 3.10. The highest BCUT2D eigenvalue weighted by molar-refractivity contribution is 5.13. The van der Waals surface area contributed by atoms with Crippen LogP contribution in [0.3, 0.4) is 0 Å². The van der Waals surface area contributed by atoms with Crippen LogP contribution in [0.1, 0.15) is 24.5 Å². The topological polar surface area (TPSA) is 25.2 Å². The van der Waals surface area contributed by atoms with Gasteiger partial charge < -0.3 is 9.67 Å². The number of aromatic nitrogens is 1. The van der Waals surface area contributed by atoms with E-state index in [4.69, 9.17) is 0 Å². The van der Waals surface area contributed by atoms with E-state index in [2.05, 4.69) is 0 Å². The van der Waals surface area contributed by atoms with E-state index in [-0.39, 0.29) is 0 Å². The van der Waals surface area contributed by atoms with Crippen molar-refractivity contribution in [3.63, 3.8) is 0 Å². The van der Waals surface area contributed by atoms with Crippen molar-refractivity contribution in [1.82, 2.24) is 4.57 Å². The molecule has 0 saturated heterocycles. The highest BCUT2D eigenvalue weighted by atomic mass is 16.3. The SMILES string of the molecule is Cc1ccc(C)n1C(C)O. The number of aliphatic hydroxyl groups excluding tert-OH is 1. The molecule has 0 amide bonds. The van der Waals surface area contributed by atoms with Gasteiger partial charge in [0.2, 0.25) is 0 Å². The van der Waals surface area contributed by atoms with Crippen LogP contribution in [0.2, 0.25) is 0 Å². The van der Waals surface area contributed by atoms with Crippen LogP contribution >= 0.6 is 0 Å². The summed E-state index contributed by atoms with van der Waals surface area (Å²) in [5, 5.41) is 9.24. The van der Waals surface area contributed by atoms with Crippen molar-refractivity contribution in [1.29, 1.82) is 0 Å². The zero-order valence-corrected chi connectivity index (χ0v) is 6.63. The summed E-state index contributed by atoms with van der Waals surface area (Å²) in [5.74, 6) is 0. The summed E-state index contributed by atoms with van der Waals surface area (Å²) in [7, 11) is 0. The molecule has 0 aliphatic rings. The van der Waals surface area contributed by atoms with Gasteiger partial charge in [0.15, 0.2) is 0 Å². The summed E-state index contributed by atoms with van der Waals surface area (Å²) in [4.78, 5) is 0. The molecule has 0 saturated carbocycles. The lowest BCUT2D eigenvalue weighted by Gasteiger charge is -2.11. The van der Waals surface area contributed by atoms with Crippen LogP contribution in [0.4, 0.5) is 0 Å². The van der Waals surface area contributed by atoms with E-state index >= 15 is 0 Å². The normalized spacial score (nSPS) is 13.6. The molecule has 1 unspecified atom stereocenters. The molecule has 1 atom stereocenters. The lowest BCUT2D eigenvalue weighted by molar-refractivity contribution is 0.121. The Morgan fingerprint density at radius 3 is 1.90 bits per heavy atom. The van der Waals surface area contributed by atoms with E-state index in [1.54, 1.807) is 6.92 Å². The number of hydrogen-bond acceptors (Lipinski definition) is 1. The van der Waals surface area contributed by atoms with Gasteiger partial charge in [0.1, 0.15) is 6.23 Å². The van der Waals surface area contributed by atoms with Gasteiger partial charge in [0.05, 0.1) is 0 Å². The summed E-state index contributed by atoms with van der Waals surface area (Å²) >= 11 is 0. The van der Waals surface area contributed by atoms with Gasteiger partial charge in [-0.25, -0.2) is 0 Å². The molecule has 0 aliphatic heterocycles. The Morgan fingerprint density at radius 1 is 1.30 bits per heavy atom. The summed E-state index contributed by atoms with van der Waals surface area (Å²) in [6, 6.07) is 4.00. The van der Waals surface area contributed by atoms with Gasteiger partial charge in [-0.05, 0) is 32.9 Å². The Hall–Kier alpha value is -0.760. The van der Waals surface area contributed by atoms with E-state index in [9.17, 15) is 5.11 Å². The number of nitrogens with zero attached hydrogens (tertiary/aromatic N) is 1. The van der Waals surface area contributed by atoms with Crippen molar-refractivity contribution in [3.8, 4) is 0 Å². The molecule has 1 aromatic rings. The van der Waals surface area contributed by atoms with E-state index in [1.807, 2.05) is 30.5 Å². The number of aliphatic hydroxyl groups is 1. The standard InChI is InChI=1S/C8H13NO/c1-6-4-5-7(2)9(6)8(3)10/h4-5,8,10H,1-3H3. The highest BCUT2D eigenvalue weighted by Gasteiger charge is 2.03. The molecule has 0 radical (unpaired) electrons. The first-order valence-electron chi connectivity index (χ1n) is 3.45. The van der Waals surface area contributed by atoms with E-state index in [0.29, 0.717) is 0 Å². The van der Waals surface area contributed by atoms with Gasteiger partial charge in [-0.1, -0.05) is 0 Å². The minimum atomic E-state index is -0.407. The Kier molecular flexibility index (Phi) is 1.81. The van der Waals surface area contributed by atoms with Crippen molar-refractivity contribution in [2.45, 2.75) is 27.0 Å². The van der Waals surface area contributed by atoms with Crippen LogP contribution in [0.15, 0.2) is 12.1 Å². The largest absolute Gasteiger partial charge is 0.374 e. The second-order valence-corrected chi connectivity index (χ2v) is 2.62. The first-order valence-corrected chi connectivity index (χ1v) is 3.45. The fourth-order valence-corrected chi connectivity index (χ4v) is 1.27. The van der Waals surface area contributed by atoms with Crippen LogP contribution in [0.25, 0.3) is 0 Å². The predicted molar refractivity (Wildman–Crippen MR) is 40.8 cm³/mol. The maximum Gasteiger partial charge on any atom is 0.127 e. The predicted octanol–water partition coefficient (Wildman–Crippen LogP) is 1.62. The minimum Gasteiger partial charge on any atom is -0.374 e. The molecular weight excluding hydrogens is 126 g/mol. The van der Waals surface area contributed by atoms with Crippen LogP contribution in [0, 0.1) is 13.8 Å². The van der Waals surface area contributed by atoms with Crippen molar-refractivity contribution in [2.75, 3.05) is 0 Å². The average molecular weight is 139 g/mol. The van der Waals surface area contributed by atoms with Crippen LogP contribution in [0.5, 0.6) is 0 Å². The summed E-state index contributed by atoms with van der Waals surface area (Å²) in [5.41, 5.74) is 2.21. The van der Waals surface area contributed by atoms with Crippen molar-refractivity contribution in [3.05, 3.63) is 23.5 Å². The molecule has 2 heteroatoms. The van der Waals surface area contributed by atoms with Gasteiger partial charge in [0, 0.05) is 11.4 Å². The molecule has 1 aromatic heterocycles. The summed E-state index contributed by atoms with van der Waals surface area (Å²) < 4.78 is 1.89. The molecule has 2 nitrogen and oxygen atoms in total. The van der Waals surface area contributed by atoms with Crippen LogP contribution < -0.4 is 0 Å². The fraction of sp³-hybridized carbons (Fsp3) is 0.500. The quantitative estimate of drug-likeness (QED) is 0.628. The molecule has 10 heavy (non-hydrogen) atoms. The van der Waals surface area contributed by atoms with Crippen LogP contribution in [-0.4, -0.2) is 9.67 Å². The van der Waals surface area contributed by atoms with Gasteiger partial charge in [0.25, 0.3) is 0 Å². The lowest BCUT2D eigenvalue weighted by atomic mass is 10.5. The van der Waals surface area contributed by atoms with Crippen LogP contribution in [-0.2, 0) is 0 Å². The molecule has 0 bridgehead atoms. The summed E-state index contributed by atoms with van der Waals surface area (Å²) in [6.45, 7) is 5.74. The Bertz CT molecular complexity index is 206. The Morgan fingerprint density at radius 2 is 1.70 bits per heavy atom. The first kappa shape index (κ1) is 7.35. The molecular formula is C8H13NO. The molecule has 1 N–H and O–H groups in total. The first-order chi connectivity index (χ1) is 4.63. The number of aryl methyl sites for hydroxylation is 2. The average Bonchev–Trinajstić information content (AvgIpc) is 2.11. The summed E-state index contributed by atoms with van der Waals surface area (Å²) in [6.07, 6.45) is -0.407. The smallest absolute Gasteiger partial charge is 0.127 e. The fourth-order valence-electron chi connectivity index (χ4n) is 1.27. The van der Waals surface area contributed by atoms with Crippen molar-refractivity contribution >= 4 is 0 Å². The third-order valence-corrected chi connectivity index (χ3v) is 1.70. The van der Waals surface area contributed by atoms with E-state index < -0.39 is 6.23 Å².